The summed E-state index contributed by atoms with van der Waals surface area (Å²) < 4.78 is 22.1. The minimum atomic E-state index is 0. The average molecular weight is 803 g/mol. The lowest BCUT2D eigenvalue weighted by Gasteiger charge is -2.18. The van der Waals surface area contributed by atoms with E-state index in [0.29, 0.717) is 45.7 Å². The highest BCUT2D eigenvalue weighted by molar-refractivity contribution is 4.88. The maximum absolute atomic E-state index is 8.75. The van der Waals surface area contributed by atoms with Crippen LogP contribution >= 0.6 is 0 Å². The van der Waals surface area contributed by atoms with Gasteiger partial charge in [0.2, 0.25) is 0 Å². The molecule has 0 saturated heterocycles. The van der Waals surface area contributed by atoms with Crippen LogP contribution in [0.25, 0.3) is 20.9 Å². The molecule has 0 fully saturated rings. The fraction of sp³-hybridized carbons (Fsp3) is 0.778. The van der Waals surface area contributed by atoms with Gasteiger partial charge in [0.15, 0.2) is 0 Å². The molecule has 2 aliphatic rings. The molecule has 0 heterocycles. The number of allylic oxidation sites excluding steroid dienone is 10. The molecular formula is C45H82N6O6. The van der Waals surface area contributed by atoms with Crippen LogP contribution in [0.2, 0.25) is 0 Å². The SMILES string of the molecule is C.CC=CCCCC(CC/C=C/CCCC(CCC=CC)N=[N+]=[N-])OCCOCCO.OCCOCCOC1CC/C=C\CCC1.[N-]=[N+]=NC1CC/C=C\CCC1. The van der Waals surface area contributed by atoms with Gasteiger partial charge in [-0.1, -0.05) is 78.4 Å². The third-order valence-corrected chi connectivity index (χ3v) is 9.29. The van der Waals surface area contributed by atoms with Crippen LogP contribution in [0.1, 0.15) is 150 Å². The van der Waals surface area contributed by atoms with Gasteiger partial charge in [0.25, 0.3) is 0 Å². The third-order valence-electron chi connectivity index (χ3n) is 9.29. The smallest absolute Gasteiger partial charge is 0.0704 e. The van der Waals surface area contributed by atoms with E-state index in [2.05, 4.69) is 81.7 Å². The molecular weight excluding hydrogens is 721 g/mol. The Balaban J connectivity index is 0. The van der Waals surface area contributed by atoms with Gasteiger partial charge in [-0.15, -0.1) is 0 Å². The first-order chi connectivity index (χ1) is 27.6. The molecule has 0 aromatic carbocycles. The van der Waals surface area contributed by atoms with Gasteiger partial charge in [0.1, 0.15) is 0 Å². The Bertz CT molecular complexity index is 1100. The molecule has 0 aromatic heterocycles. The van der Waals surface area contributed by atoms with Crippen molar-refractivity contribution in [2.45, 2.75) is 174 Å². The zero-order chi connectivity index (χ0) is 40.8. The molecule has 2 N–H and O–H groups in total. The number of azide groups is 2. The molecule has 328 valence electrons. The van der Waals surface area contributed by atoms with Gasteiger partial charge in [0, 0.05) is 21.9 Å². The van der Waals surface area contributed by atoms with E-state index in [0.717, 1.165) is 116 Å². The second kappa shape index (κ2) is 47.5. The van der Waals surface area contributed by atoms with Crippen molar-refractivity contribution in [3.05, 3.63) is 81.6 Å². The van der Waals surface area contributed by atoms with Crippen LogP contribution in [-0.4, -0.2) is 87.4 Å². The lowest BCUT2D eigenvalue weighted by molar-refractivity contribution is -0.00886. The molecule has 4 atom stereocenters. The molecule has 0 amide bonds. The molecule has 4 unspecified atom stereocenters. The Hall–Kier alpha value is -2.92. The predicted molar refractivity (Wildman–Crippen MR) is 237 cm³/mol. The summed E-state index contributed by atoms with van der Waals surface area (Å²) in [5.74, 6) is 0. The molecule has 0 aliphatic heterocycles. The van der Waals surface area contributed by atoms with Gasteiger partial charge in [-0.05, 0) is 153 Å². The van der Waals surface area contributed by atoms with Crippen molar-refractivity contribution in [3.63, 3.8) is 0 Å². The van der Waals surface area contributed by atoms with Gasteiger partial charge in [-0.2, -0.15) is 0 Å². The van der Waals surface area contributed by atoms with Gasteiger partial charge in [0.05, 0.1) is 65.1 Å². The molecule has 0 spiro atoms. The summed E-state index contributed by atoms with van der Waals surface area (Å²) in [7, 11) is 0. The zero-order valence-corrected chi connectivity index (χ0v) is 35.1. The zero-order valence-electron chi connectivity index (χ0n) is 35.1. The number of aliphatic hydroxyl groups excluding tert-OH is 2. The topological polar surface area (TPSA) is 175 Å². The highest BCUT2D eigenvalue weighted by Crippen LogP contribution is 2.17. The lowest BCUT2D eigenvalue weighted by atomic mass is 10.0. The number of ether oxygens (including phenoxy) is 4. The van der Waals surface area contributed by atoms with Crippen molar-refractivity contribution in [2.24, 2.45) is 10.2 Å². The van der Waals surface area contributed by atoms with Gasteiger partial charge in [-0.3, -0.25) is 0 Å². The summed E-state index contributed by atoms with van der Waals surface area (Å²) in [6.45, 7) is 7.33. The summed E-state index contributed by atoms with van der Waals surface area (Å²) >= 11 is 0. The van der Waals surface area contributed by atoms with E-state index in [-0.39, 0.29) is 38.8 Å². The average Bonchev–Trinajstić information content (AvgIpc) is 3.18. The summed E-state index contributed by atoms with van der Waals surface area (Å²) in [6.07, 6.45) is 43.9. The fourth-order valence-corrected chi connectivity index (χ4v) is 6.22. The van der Waals surface area contributed by atoms with Crippen LogP contribution in [0, 0.1) is 0 Å². The van der Waals surface area contributed by atoms with E-state index in [1.807, 2.05) is 13.0 Å². The minimum Gasteiger partial charge on any atom is -0.394 e. The van der Waals surface area contributed by atoms with Crippen LogP contribution in [0.4, 0.5) is 0 Å². The maximum atomic E-state index is 8.75. The number of hydrogen-bond acceptors (Lipinski definition) is 8. The van der Waals surface area contributed by atoms with E-state index in [1.165, 1.54) is 12.8 Å². The summed E-state index contributed by atoms with van der Waals surface area (Å²) in [5, 5.41) is 24.9. The Morgan fingerprint density at radius 3 is 1.93 bits per heavy atom. The summed E-state index contributed by atoms with van der Waals surface area (Å²) in [5.41, 5.74) is 16.9. The molecule has 0 saturated carbocycles. The van der Waals surface area contributed by atoms with Crippen molar-refractivity contribution >= 4 is 0 Å². The van der Waals surface area contributed by atoms with Crippen LogP contribution in [-0.2, 0) is 18.9 Å². The first kappa shape index (κ1) is 56.2. The monoisotopic (exact) mass is 803 g/mol. The lowest BCUT2D eigenvalue weighted by Crippen LogP contribution is -2.17. The Morgan fingerprint density at radius 1 is 0.649 bits per heavy atom. The fourth-order valence-electron chi connectivity index (χ4n) is 6.22. The second-order valence-electron chi connectivity index (χ2n) is 14.0. The Labute approximate surface area is 347 Å². The highest BCUT2D eigenvalue weighted by Gasteiger charge is 2.10. The maximum Gasteiger partial charge on any atom is 0.0704 e. The minimum absolute atomic E-state index is 0. The number of unbranched alkanes of at least 4 members (excludes halogenated alkanes) is 2. The van der Waals surface area contributed by atoms with Crippen LogP contribution in [0.3, 0.4) is 0 Å². The molecule has 57 heavy (non-hydrogen) atoms. The predicted octanol–water partition coefficient (Wildman–Crippen LogP) is 12.4. The van der Waals surface area contributed by atoms with Crippen molar-refractivity contribution in [1.82, 2.24) is 0 Å². The first-order valence-electron chi connectivity index (χ1n) is 21.5. The Kier molecular flexibility index (Phi) is 46.8. The largest absolute Gasteiger partial charge is 0.394 e. The van der Waals surface area contributed by atoms with Crippen molar-refractivity contribution in [2.75, 3.05) is 52.9 Å². The van der Waals surface area contributed by atoms with Crippen LogP contribution < -0.4 is 0 Å². The van der Waals surface area contributed by atoms with Gasteiger partial charge < -0.3 is 29.2 Å². The molecule has 0 aromatic rings. The van der Waals surface area contributed by atoms with Gasteiger partial charge >= 0.3 is 0 Å². The van der Waals surface area contributed by atoms with Crippen molar-refractivity contribution in [3.8, 4) is 0 Å². The molecule has 12 heteroatoms. The van der Waals surface area contributed by atoms with E-state index in [9.17, 15) is 0 Å². The van der Waals surface area contributed by atoms with E-state index >= 15 is 0 Å². The van der Waals surface area contributed by atoms with E-state index in [1.54, 1.807) is 0 Å². The third kappa shape index (κ3) is 41.1. The first-order valence-corrected chi connectivity index (χ1v) is 21.5. The Morgan fingerprint density at radius 2 is 1.25 bits per heavy atom. The van der Waals surface area contributed by atoms with Crippen LogP contribution in [0.15, 0.2) is 71.0 Å². The molecule has 12 nitrogen and oxygen atoms in total. The number of hydrogen-bond donors (Lipinski definition) is 2. The number of rotatable bonds is 28. The second-order valence-corrected chi connectivity index (χ2v) is 14.0. The molecule has 2 rings (SSSR count). The molecule has 0 radical (unpaired) electrons. The molecule has 0 bridgehead atoms. The normalized spacial score (nSPS) is 19.2. The summed E-state index contributed by atoms with van der Waals surface area (Å²) in [6, 6.07) is 0.340. The van der Waals surface area contributed by atoms with Crippen molar-refractivity contribution in [1.29, 1.82) is 0 Å². The summed E-state index contributed by atoms with van der Waals surface area (Å²) in [4.78, 5) is 5.82. The highest BCUT2D eigenvalue weighted by atomic mass is 16.5. The number of nitrogens with zero attached hydrogens (tertiary/aromatic N) is 6. The van der Waals surface area contributed by atoms with E-state index in [4.69, 9.17) is 40.2 Å². The standard InChI is InChI=1S/C24H43N3O3.C12H22O3.C8H13N3.CH4/c1-3-5-7-13-17-24(30-22-21-29-20-19-28)18-14-10-8-9-12-16-23(26-27-25)15-11-6-4-2;13-8-9-14-10-11-15-12-6-4-2-1-3-5-7-12;9-11-10-8-6-4-2-1-3-5-7-8;/h3-6,8,10,23-24,28H,7,9,11-22H2,1-2H3;1-2,12-13H,3-11H2;1-2,8H,3-7H2;1H4/b5-3?,6-4?,10-8+;2*2-1-;. The van der Waals surface area contributed by atoms with Crippen LogP contribution in [0.5, 0.6) is 0 Å². The quantitative estimate of drug-likeness (QED) is 0.0262. The number of aliphatic hydroxyl groups is 2. The molecule has 2 aliphatic carbocycles. The van der Waals surface area contributed by atoms with E-state index < -0.39 is 0 Å². The van der Waals surface area contributed by atoms with Gasteiger partial charge in [-0.25, -0.2) is 0 Å². The van der Waals surface area contributed by atoms with Crippen molar-refractivity contribution < 1.29 is 29.2 Å².